The fourth-order valence-corrected chi connectivity index (χ4v) is 2.29. The molecule has 0 atom stereocenters. The maximum atomic E-state index is 12.0. The van der Waals surface area contributed by atoms with Gasteiger partial charge in [-0.1, -0.05) is 0 Å². The largest absolute Gasteiger partial charge is 0.383 e. The summed E-state index contributed by atoms with van der Waals surface area (Å²) >= 11 is 0. The zero-order chi connectivity index (χ0) is 12.3. The van der Waals surface area contributed by atoms with Crippen molar-refractivity contribution in [3.8, 4) is 0 Å². The normalized spacial score (nSPS) is 12.6. The number of likely N-dealkylation sites (N-methyl/N-ethyl adjacent to an activating group) is 2. The summed E-state index contributed by atoms with van der Waals surface area (Å²) in [6.45, 7) is 1.05. The molecule has 0 spiro atoms. The van der Waals surface area contributed by atoms with E-state index in [9.17, 15) is 8.42 Å². The van der Waals surface area contributed by atoms with Crippen molar-refractivity contribution in [2.45, 2.75) is 4.90 Å². The Morgan fingerprint density at radius 1 is 1.38 bits per heavy atom. The Kier molecular flexibility index (Phi) is 3.89. The van der Waals surface area contributed by atoms with Gasteiger partial charge in [0.25, 0.3) is 0 Å². The first-order valence-corrected chi connectivity index (χ1v) is 6.19. The van der Waals surface area contributed by atoms with E-state index in [1.807, 2.05) is 19.0 Å². The molecule has 16 heavy (non-hydrogen) atoms. The number of hydrogen-bond donors (Lipinski definition) is 2. The van der Waals surface area contributed by atoms with Gasteiger partial charge in [0.1, 0.15) is 10.7 Å². The van der Waals surface area contributed by atoms with Gasteiger partial charge in [0.05, 0.1) is 6.20 Å². The summed E-state index contributed by atoms with van der Waals surface area (Å²) in [6, 6.07) is 0. The molecule has 0 aliphatic carbocycles. The maximum Gasteiger partial charge on any atom is 0.248 e. The molecule has 1 heterocycles. The molecule has 0 unspecified atom stereocenters. The molecule has 1 aromatic rings. The second-order valence-corrected chi connectivity index (χ2v) is 5.79. The van der Waals surface area contributed by atoms with Crippen LogP contribution in [0.15, 0.2) is 11.1 Å². The van der Waals surface area contributed by atoms with E-state index in [0.717, 1.165) is 0 Å². The minimum absolute atomic E-state index is 0.0220. The SMILES string of the molecule is CN(C)CCN(C)S(=O)(=O)c1cn[nH]c1N. The van der Waals surface area contributed by atoms with Crippen LogP contribution in [0, 0.1) is 0 Å². The summed E-state index contributed by atoms with van der Waals surface area (Å²) in [7, 11) is 1.75. The number of rotatable bonds is 5. The van der Waals surface area contributed by atoms with Crippen molar-refractivity contribution in [1.82, 2.24) is 19.4 Å². The van der Waals surface area contributed by atoms with Gasteiger partial charge in [-0.05, 0) is 14.1 Å². The Balaban J connectivity index is 2.83. The molecule has 1 aromatic heterocycles. The van der Waals surface area contributed by atoms with Gasteiger partial charge in [0.2, 0.25) is 10.0 Å². The van der Waals surface area contributed by atoms with Crippen molar-refractivity contribution < 1.29 is 8.42 Å². The Morgan fingerprint density at radius 2 is 2.00 bits per heavy atom. The summed E-state index contributed by atoms with van der Waals surface area (Å²) in [5, 5.41) is 6.01. The van der Waals surface area contributed by atoms with Gasteiger partial charge in [0.15, 0.2) is 0 Å². The number of aromatic nitrogens is 2. The van der Waals surface area contributed by atoms with Gasteiger partial charge in [-0.25, -0.2) is 8.42 Å². The molecule has 0 aliphatic heterocycles. The molecular weight excluding hydrogens is 230 g/mol. The van der Waals surface area contributed by atoms with Crippen LogP contribution in [-0.4, -0.2) is 62.1 Å². The van der Waals surface area contributed by atoms with Crippen molar-refractivity contribution in [2.24, 2.45) is 0 Å². The zero-order valence-electron chi connectivity index (χ0n) is 9.64. The average molecular weight is 247 g/mol. The molecule has 0 saturated carbocycles. The van der Waals surface area contributed by atoms with Crippen LogP contribution in [0.3, 0.4) is 0 Å². The third-order valence-corrected chi connectivity index (χ3v) is 4.07. The molecule has 7 nitrogen and oxygen atoms in total. The first-order chi connectivity index (χ1) is 7.35. The molecule has 0 aromatic carbocycles. The number of nitrogen functional groups attached to an aromatic ring is 1. The number of nitrogens with two attached hydrogens (primary N) is 1. The van der Waals surface area contributed by atoms with E-state index in [1.165, 1.54) is 17.5 Å². The molecule has 3 N–H and O–H groups in total. The second kappa shape index (κ2) is 4.81. The van der Waals surface area contributed by atoms with Gasteiger partial charge in [-0.3, -0.25) is 5.10 Å². The molecular formula is C8H17N5O2S. The van der Waals surface area contributed by atoms with Crippen molar-refractivity contribution in [3.63, 3.8) is 0 Å². The first-order valence-electron chi connectivity index (χ1n) is 4.75. The lowest BCUT2D eigenvalue weighted by atomic mass is 10.6. The molecule has 0 bridgehead atoms. The van der Waals surface area contributed by atoms with Gasteiger partial charge < -0.3 is 10.6 Å². The minimum atomic E-state index is -3.53. The smallest absolute Gasteiger partial charge is 0.248 e. The molecule has 1 rings (SSSR count). The lowest BCUT2D eigenvalue weighted by Crippen LogP contribution is -2.33. The van der Waals surface area contributed by atoms with E-state index in [2.05, 4.69) is 10.2 Å². The van der Waals surface area contributed by atoms with E-state index >= 15 is 0 Å². The third kappa shape index (κ3) is 2.71. The monoisotopic (exact) mass is 247 g/mol. The number of sulfonamides is 1. The zero-order valence-corrected chi connectivity index (χ0v) is 10.5. The lowest BCUT2D eigenvalue weighted by molar-refractivity contribution is 0.358. The fraction of sp³-hybridized carbons (Fsp3) is 0.625. The number of nitrogens with one attached hydrogen (secondary N) is 1. The molecule has 0 aliphatic rings. The molecule has 0 radical (unpaired) electrons. The second-order valence-electron chi connectivity index (χ2n) is 3.78. The standard InChI is InChI=1S/C8H17N5O2S/c1-12(2)4-5-13(3)16(14,15)7-6-10-11-8(7)9/h6H,4-5H2,1-3H3,(H3,9,10,11). The summed E-state index contributed by atoms with van der Waals surface area (Å²) in [4.78, 5) is 1.93. The summed E-state index contributed by atoms with van der Waals surface area (Å²) in [6.07, 6.45) is 1.22. The highest BCUT2D eigenvalue weighted by atomic mass is 32.2. The predicted octanol–water partition coefficient (Wildman–Crippen LogP) is -0.826. The highest BCUT2D eigenvalue weighted by Crippen LogP contribution is 2.17. The van der Waals surface area contributed by atoms with Crippen LogP contribution >= 0.6 is 0 Å². The molecule has 0 fully saturated rings. The number of H-pyrrole nitrogens is 1. The number of anilines is 1. The summed E-state index contributed by atoms with van der Waals surface area (Å²) < 4.78 is 25.2. The molecule has 92 valence electrons. The van der Waals surface area contributed by atoms with Crippen LogP contribution in [0.2, 0.25) is 0 Å². The van der Waals surface area contributed by atoms with Crippen LogP contribution in [0.1, 0.15) is 0 Å². The lowest BCUT2D eigenvalue weighted by Gasteiger charge is -2.18. The van der Waals surface area contributed by atoms with Gasteiger partial charge >= 0.3 is 0 Å². The quantitative estimate of drug-likeness (QED) is 0.708. The summed E-state index contributed by atoms with van der Waals surface area (Å²) in [5.74, 6) is 0.0664. The molecule has 0 saturated heterocycles. The van der Waals surface area contributed by atoms with E-state index < -0.39 is 10.0 Å². The first kappa shape index (κ1) is 12.9. The topological polar surface area (TPSA) is 95.3 Å². The fourth-order valence-electron chi connectivity index (χ4n) is 1.12. The van der Waals surface area contributed by atoms with Crippen LogP contribution in [0.25, 0.3) is 0 Å². The van der Waals surface area contributed by atoms with Crippen LogP contribution in [-0.2, 0) is 10.0 Å². The van der Waals surface area contributed by atoms with Gasteiger partial charge in [0, 0.05) is 20.1 Å². The molecule has 0 amide bonds. The summed E-state index contributed by atoms with van der Waals surface area (Å²) in [5.41, 5.74) is 5.49. The Labute approximate surface area is 95.3 Å². The van der Waals surface area contributed by atoms with Crippen molar-refractivity contribution in [3.05, 3.63) is 6.20 Å². The minimum Gasteiger partial charge on any atom is -0.383 e. The van der Waals surface area contributed by atoms with Crippen molar-refractivity contribution >= 4 is 15.8 Å². The van der Waals surface area contributed by atoms with E-state index in [1.54, 1.807) is 0 Å². The van der Waals surface area contributed by atoms with Crippen molar-refractivity contribution in [2.75, 3.05) is 40.0 Å². The van der Waals surface area contributed by atoms with Crippen LogP contribution < -0.4 is 5.73 Å². The maximum absolute atomic E-state index is 12.0. The third-order valence-electron chi connectivity index (χ3n) is 2.18. The van der Waals surface area contributed by atoms with E-state index in [4.69, 9.17) is 5.73 Å². The number of nitrogens with zero attached hydrogens (tertiary/aromatic N) is 3. The van der Waals surface area contributed by atoms with Gasteiger partial charge in [-0.15, -0.1) is 0 Å². The van der Waals surface area contributed by atoms with Crippen LogP contribution in [0.4, 0.5) is 5.82 Å². The Bertz CT molecular complexity index is 439. The highest BCUT2D eigenvalue weighted by Gasteiger charge is 2.24. The van der Waals surface area contributed by atoms with Crippen molar-refractivity contribution in [1.29, 1.82) is 0 Å². The van der Waals surface area contributed by atoms with E-state index in [-0.39, 0.29) is 10.7 Å². The number of aromatic amines is 1. The number of hydrogen-bond acceptors (Lipinski definition) is 5. The highest BCUT2D eigenvalue weighted by molar-refractivity contribution is 7.89. The van der Waals surface area contributed by atoms with E-state index in [0.29, 0.717) is 13.1 Å². The Hall–Kier alpha value is -1.12. The predicted molar refractivity (Wildman–Crippen MR) is 61.4 cm³/mol. The van der Waals surface area contributed by atoms with Gasteiger partial charge in [-0.2, -0.15) is 9.40 Å². The Morgan fingerprint density at radius 3 is 2.44 bits per heavy atom. The molecule has 8 heteroatoms. The van der Waals surface area contributed by atoms with Crippen LogP contribution in [0.5, 0.6) is 0 Å². The average Bonchev–Trinajstić information content (AvgIpc) is 2.61.